The molecule has 0 aliphatic rings. The number of hydrogen-bond acceptors (Lipinski definition) is 5. The van der Waals surface area contributed by atoms with E-state index in [1.165, 1.54) is 7.11 Å². The Labute approximate surface area is 149 Å². The summed E-state index contributed by atoms with van der Waals surface area (Å²) in [4.78, 5) is 29.4. The molecule has 2 aromatic heterocycles. The Balaban J connectivity index is 1.87. The largest absolute Gasteiger partial charge is 0.465 e. The Morgan fingerprint density at radius 3 is 2.40 bits per heavy atom. The molecule has 3 rings (SSSR count). The van der Waals surface area contributed by atoms with Crippen molar-refractivity contribution in [1.82, 2.24) is 10.3 Å². The van der Waals surface area contributed by atoms with Gasteiger partial charge in [-0.15, -0.1) is 11.3 Å². The fourth-order valence-corrected chi connectivity index (χ4v) is 3.22. The molecule has 0 spiro atoms. The number of pyridine rings is 1. The molecule has 0 aliphatic carbocycles. The lowest BCUT2D eigenvalue weighted by molar-refractivity contribution is 0.0606. The van der Waals surface area contributed by atoms with Crippen molar-refractivity contribution in [2.24, 2.45) is 0 Å². The Bertz CT molecular complexity index is 823. The van der Waals surface area contributed by atoms with Crippen molar-refractivity contribution >= 4 is 23.2 Å². The number of carbonyl (C=O) groups excluding carboxylic acids is 2. The number of ether oxygens (including phenoxy) is 1. The van der Waals surface area contributed by atoms with Gasteiger partial charge in [0, 0.05) is 6.20 Å². The summed E-state index contributed by atoms with van der Waals surface area (Å²) < 4.78 is 4.68. The number of rotatable bonds is 5. The predicted octanol–water partition coefficient (Wildman–Crippen LogP) is 3.45. The summed E-state index contributed by atoms with van der Waals surface area (Å²) in [7, 11) is 1.31. The van der Waals surface area contributed by atoms with Gasteiger partial charge in [-0.2, -0.15) is 0 Å². The van der Waals surface area contributed by atoms with Crippen LogP contribution in [0.25, 0.3) is 0 Å². The summed E-state index contributed by atoms with van der Waals surface area (Å²) in [6.45, 7) is 0. The van der Waals surface area contributed by atoms with Crippen LogP contribution >= 0.6 is 11.3 Å². The first-order valence-corrected chi connectivity index (χ1v) is 8.45. The molecular weight excluding hydrogens is 336 g/mol. The lowest BCUT2D eigenvalue weighted by atomic mass is 10.0. The number of methoxy groups -OCH3 is 1. The number of carbonyl (C=O) groups is 2. The highest BCUT2D eigenvalue weighted by Gasteiger charge is 2.20. The van der Waals surface area contributed by atoms with E-state index in [9.17, 15) is 9.59 Å². The van der Waals surface area contributed by atoms with Crippen molar-refractivity contribution in [2.75, 3.05) is 7.11 Å². The van der Waals surface area contributed by atoms with Gasteiger partial charge in [0.1, 0.15) is 4.88 Å². The molecule has 25 heavy (non-hydrogen) atoms. The van der Waals surface area contributed by atoms with E-state index in [1.807, 2.05) is 48.5 Å². The first kappa shape index (κ1) is 16.9. The monoisotopic (exact) mass is 352 g/mol. The SMILES string of the molecule is COC(=O)c1ccc(C(=O)NC(c2ccccc2)c2ccccn2)s1. The van der Waals surface area contributed by atoms with Crippen LogP contribution in [0.5, 0.6) is 0 Å². The molecule has 0 saturated carbocycles. The maximum absolute atomic E-state index is 12.6. The second-order valence-electron chi connectivity index (χ2n) is 5.23. The molecule has 0 fully saturated rings. The van der Waals surface area contributed by atoms with E-state index in [2.05, 4.69) is 15.0 Å². The summed E-state index contributed by atoms with van der Waals surface area (Å²) in [5.41, 5.74) is 1.67. The van der Waals surface area contributed by atoms with Crippen molar-refractivity contribution in [3.63, 3.8) is 0 Å². The topological polar surface area (TPSA) is 68.3 Å². The molecule has 1 atom stereocenters. The molecule has 2 heterocycles. The van der Waals surface area contributed by atoms with Gasteiger partial charge in [0.05, 0.1) is 23.7 Å². The van der Waals surface area contributed by atoms with Gasteiger partial charge in [-0.1, -0.05) is 36.4 Å². The van der Waals surface area contributed by atoms with E-state index < -0.39 is 5.97 Å². The molecule has 126 valence electrons. The van der Waals surface area contributed by atoms with Crippen molar-refractivity contribution in [3.8, 4) is 0 Å². The molecular formula is C19H16N2O3S. The van der Waals surface area contributed by atoms with Crippen LogP contribution in [-0.4, -0.2) is 24.0 Å². The van der Waals surface area contributed by atoms with Gasteiger partial charge in [-0.3, -0.25) is 9.78 Å². The molecule has 3 aromatic rings. The van der Waals surface area contributed by atoms with Crippen LogP contribution < -0.4 is 5.32 Å². The summed E-state index contributed by atoms with van der Waals surface area (Å²) in [6.07, 6.45) is 1.69. The van der Waals surface area contributed by atoms with Crippen molar-refractivity contribution in [1.29, 1.82) is 0 Å². The highest BCUT2D eigenvalue weighted by atomic mass is 32.1. The number of aromatic nitrogens is 1. The van der Waals surface area contributed by atoms with Gasteiger partial charge < -0.3 is 10.1 Å². The standard InChI is InChI=1S/C19H16N2O3S/c1-24-19(23)16-11-10-15(25-16)18(22)21-17(13-7-3-2-4-8-13)14-9-5-6-12-20-14/h2-12,17H,1H3,(H,21,22). The van der Waals surface area contributed by atoms with E-state index in [0.717, 1.165) is 22.6 Å². The van der Waals surface area contributed by atoms with Crippen molar-refractivity contribution < 1.29 is 14.3 Å². The van der Waals surface area contributed by atoms with Crippen LogP contribution in [0.1, 0.15) is 36.6 Å². The highest BCUT2D eigenvalue weighted by Crippen LogP contribution is 2.23. The minimum Gasteiger partial charge on any atom is -0.465 e. The average molecular weight is 352 g/mol. The van der Waals surface area contributed by atoms with Gasteiger partial charge in [-0.25, -0.2) is 4.79 Å². The molecule has 1 amide bonds. The quantitative estimate of drug-likeness (QED) is 0.714. The Kier molecular flexibility index (Phi) is 5.20. The molecule has 1 aromatic carbocycles. The maximum Gasteiger partial charge on any atom is 0.348 e. The normalized spacial score (nSPS) is 11.6. The Hall–Kier alpha value is -2.99. The lowest BCUT2D eigenvalue weighted by Crippen LogP contribution is -2.29. The fraction of sp³-hybridized carbons (Fsp3) is 0.105. The number of hydrogen-bond donors (Lipinski definition) is 1. The minimum atomic E-state index is -0.451. The number of benzene rings is 1. The number of thiophene rings is 1. The van der Waals surface area contributed by atoms with Gasteiger partial charge in [0.2, 0.25) is 0 Å². The van der Waals surface area contributed by atoms with E-state index >= 15 is 0 Å². The van der Waals surface area contributed by atoms with E-state index in [1.54, 1.807) is 18.3 Å². The van der Waals surface area contributed by atoms with Gasteiger partial charge in [0.15, 0.2) is 0 Å². The molecule has 1 N–H and O–H groups in total. The van der Waals surface area contributed by atoms with Gasteiger partial charge in [-0.05, 0) is 29.8 Å². The van der Waals surface area contributed by atoms with Crippen LogP contribution in [-0.2, 0) is 4.74 Å². The molecule has 0 radical (unpaired) electrons. The van der Waals surface area contributed by atoms with Crippen LogP contribution in [0.4, 0.5) is 0 Å². The first-order chi connectivity index (χ1) is 12.2. The minimum absolute atomic E-state index is 0.264. The van der Waals surface area contributed by atoms with E-state index in [4.69, 9.17) is 0 Å². The Morgan fingerprint density at radius 2 is 1.72 bits per heavy atom. The molecule has 6 heteroatoms. The lowest BCUT2D eigenvalue weighted by Gasteiger charge is -2.18. The van der Waals surface area contributed by atoms with Crippen molar-refractivity contribution in [2.45, 2.75) is 6.04 Å². The predicted molar refractivity (Wildman–Crippen MR) is 95.6 cm³/mol. The highest BCUT2D eigenvalue weighted by molar-refractivity contribution is 7.15. The molecule has 0 bridgehead atoms. The molecule has 5 nitrogen and oxygen atoms in total. The number of nitrogens with one attached hydrogen (secondary N) is 1. The van der Waals surface area contributed by atoms with Crippen LogP contribution in [0, 0.1) is 0 Å². The third-order valence-corrected chi connectivity index (χ3v) is 4.67. The maximum atomic E-state index is 12.6. The summed E-state index contributed by atoms with van der Waals surface area (Å²) >= 11 is 1.10. The van der Waals surface area contributed by atoms with Crippen LogP contribution in [0.15, 0.2) is 66.9 Å². The first-order valence-electron chi connectivity index (χ1n) is 7.64. The smallest absolute Gasteiger partial charge is 0.348 e. The summed E-state index contributed by atoms with van der Waals surface area (Å²) in [5, 5.41) is 2.99. The molecule has 0 saturated heterocycles. The fourth-order valence-electron chi connectivity index (χ4n) is 2.39. The Morgan fingerprint density at radius 1 is 1.00 bits per heavy atom. The van der Waals surface area contributed by atoms with Crippen LogP contribution in [0.3, 0.4) is 0 Å². The second kappa shape index (κ2) is 7.72. The second-order valence-corrected chi connectivity index (χ2v) is 6.31. The van der Waals surface area contributed by atoms with E-state index in [0.29, 0.717) is 9.75 Å². The molecule has 0 aliphatic heterocycles. The van der Waals surface area contributed by atoms with E-state index in [-0.39, 0.29) is 11.9 Å². The van der Waals surface area contributed by atoms with Gasteiger partial charge >= 0.3 is 5.97 Å². The third kappa shape index (κ3) is 3.92. The van der Waals surface area contributed by atoms with Crippen LogP contribution in [0.2, 0.25) is 0 Å². The number of nitrogens with zero attached hydrogens (tertiary/aromatic N) is 1. The zero-order chi connectivity index (χ0) is 17.6. The average Bonchev–Trinajstić information content (AvgIpc) is 3.17. The molecule has 1 unspecified atom stereocenters. The zero-order valence-electron chi connectivity index (χ0n) is 13.5. The summed E-state index contributed by atoms with van der Waals surface area (Å²) in [6, 6.07) is 18.0. The van der Waals surface area contributed by atoms with Crippen molar-refractivity contribution in [3.05, 3.63) is 87.9 Å². The van der Waals surface area contributed by atoms with Gasteiger partial charge in [0.25, 0.3) is 5.91 Å². The third-order valence-electron chi connectivity index (χ3n) is 3.61. The zero-order valence-corrected chi connectivity index (χ0v) is 14.3. The number of amides is 1. The number of esters is 1. The summed E-state index contributed by atoms with van der Waals surface area (Å²) in [5.74, 6) is -0.715.